The Morgan fingerprint density at radius 2 is 2.18 bits per heavy atom. The van der Waals surface area contributed by atoms with Crippen LogP contribution in [0.1, 0.15) is 18.9 Å². The predicted molar refractivity (Wildman–Crippen MR) is 65.6 cm³/mol. The van der Waals surface area contributed by atoms with Crippen molar-refractivity contribution in [3.63, 3.8) is 0 Å². The molecule has 0 aliphatic rings. The lowest BCUT2D eigenvalue weighted by Crippen LogP contribution is -2.15. The van der Waals surface area contributed by atoms with Crippen LogP contribution in [0.4, 0.5) is 0 Å². The van der Waals surface area contributed by atoms with Crippen molar-refractivity contribution >= 4 is 27.3 Å². The van der Waals surface area contributed by atoms with E-state index < -0.39 is 10.0 Å². The SMILES string of the molecule is CCCc1ccc2nc(Cl)c(S(N)(=O)=O)n2c1. The quantitative estimate of drug-likeness (QED) is 0.922. The summed E-state index contributed by atoms with van der Waals surface area (Å²) >= 11 is 5.79. The highest BCUT2D eigenvalue weighted by atomic mass is 35.5. The molecule has 17 heavy (non-hydrogen) atoms. The zero-order valence-corrected chi connectivity index (χ0v) is 10.8. The van der Waals surface area contributed by atoms with Crippen molar-refractivity contribution in [2.45, 2.75) is 24.8 Å². The number of aryl methyl sites for hydroxylation is 1. The molecule has 0 aromatic carbocycles. The Balaban J connectivity index is 2.74. The van der Waals surface area contributed by atoms with Crippen LogP contribution in [0, 0.1) is 0 Å². The van der Waals surface area contributed by atoms with Crippen molar-refractivity contribution in [1.29, 1.82) is 0 Å². The second-order valence-electron chi connectivity index (χ2n) is 3.77. The van der Waals surface area contributed by atoms with Gasteiger partial charge in [0.25, 0.3) is 10.0 Å². The van der Waals surface area contributed by atoms with E-state index in [0.717, 1.165) is 18.4 Å². The van der Waals surface area contributed by atoms with Gasteiger partial charge in [0.1, 0.15) is 5.65 Å². The van der Waals surface area contributed by atoms with Crippen molar-refractivity contribution in [2.24, 2.45) is 5.14 Å². The maximum atomic E-state index is 11.4. The molecule has 2 aromatic heterocycles. The Bertz CT molecular complexity index is 663. The summed E-state index contributed by atoms with van der Waals surface area (Å²) in [6.07, 6.45) is 3.53. The van der Waals surface area contributed by atoms with Crippen molar-refractivity contribution in [2.75, 3.05) is 0 Å². The highest BCUT2D eigenvalue weighted by Gasteiger charge is 2.20. The van der Waals surface area contributed by atoms with E-state index in [0.29, 0.717) is 5.65 Å². The largest absolute Gasteiger partial charge is 0.288 e. The number of nitrogens with two attached hydrogens (primary N) is 1. The molecule has 0 amide bonds. The number of imidazole rings is 1. The van der Waals surface area contributed by atoms with Gasteiger partial charge in [-0.15, -0.1) is 0 Å². The molecule has 0 fully saturated rings. The highest BCUT2D eigenvalue weighted by molar-refractivity contribution is 7.89. The molecule has 0 atom stereocenters. The first-order valence-corrected chi connectivity index (χ1v) is 7.05. The number of sulfonamides is 1. The van der Waals surface area contributed by atoms with Crippen molar-refractivity contribution in [1.82, 2.24) is 9.38 Å². The van der Waals surface area contributed by atoms with Crippen LogP contribution in [0.15, 0.2) is 23.4 Å². The van der Waals surface area contributed by atoms with Gasteiger partial charge in [-0.05, 0) is 18.1 Å². The lowest BCUT2D eigenvalue weighted by Gasteiger charge is -2.02. The first-order chi connectivity index (χ1) is 7.93. The Kier molecular flexibility index (Phi) is 3.11. The lowest BCUT2D eigenvalue weighted by molar-refractivity contribution is 0.593. The van der Waals surface area contributed by atoms with Crippen LogP contribution >= 0.6 is 11.6 Å². The Hall–Kier alpha value is -1.11. The van der Waals surface area contributed by atoms with Crippen LogP contribution in [-0.4, -0.2) is 17.8 Å². The predicted octanol–water partition coefficient (Wildman–Crippen LogP) is 1.59. The van der Waals surface area contributed by atoms with Gasteiger partial charge >= 0.3 is 0 Å². The van der Waals surface area contributed by atoms with E-state index in [4.69, 9.17) is 16.7 Å². The summed E-state index contributed by atoms with van der Waals surface area (Å²) in [5.41, 5.74) is 1.48. The fraction of sp³-hybridized carbons (Fsp3) is 0.300. The summed E-state index contributed by atoms with van der Waals surface area (Å²) in [6, 6.07) is 3.63. The normalized spacial score (nSPS) is 12.2. The first-order valence-electron chi connectivity index (χ1n) is 5.12. The van der Waals surface area contributed by atoms with Gasteiger partial charge in [-0.1, -0.05) is 31.0 Å². The maximum Gasteiger partial charge on any atom is 0.257 e. The summed E-state index contributed by atoms with van der Waals surface area (Å²) in [7, 11) is -3.88. The van der Waals surface area contributed by atoms with E-state index >= 15 is 0 Å². The third-order valence-electron chi connectivity index (χ3n) is 2.40. The zero-order chi connectivity index (χ0) is 12.6. The van der Waals surface area contributed by atoms with Crippen LogP contribution < -0.4 is 5.14 Å². The molecule has 0 radical (unpaired) electrons. The Labute approximate surface area is 104 Å². The molecule has 0 aliphatic heterocycles. The van der Waals surface area contributed by atoms with E-state index in [1.165, 1.54) is 4.40 Å². The molecule has 0 spiro atoms. The van der Waals surface area contributed by atoms with Crippen LogP contribution in [-0.2, 0) is 16.4 Å². The number of fused-ring (bicyclic) bond motifs is 1. The van der Waals surface area contributed by atoms with Gasteiger partial charge in [0, 0.05) is 6.20 Å². The number of primary sulfonamides is 1. The van der Waals surface area contributed by atoms with Crippen molar-refractivity contribution in [3.8, 4) is 0 Å². The zero-order valence-electron chi connectivity index (χ0n) is 9.22. The van der Waals surface area contributed by atoms with Gasteiger partial charge in [0.2, 0.25) is 0 Å². The third kappa shape index (κ3) is 2.29. The van der Waals surface area contributed by atoms with Gasteiger partial charge in [0.15, 0.2) is 10.2 Å². The van der Waals surface area contributed by atoms with Crippen LogP contribution in [0.2, 0.25) is 5.15 Å². The molecular weight excluding hydrogens is 262 g/mol. The van der Waals surface area contributed by atoms with Gasteiger partial charge in [0.05, 0.1) is 0 Å². The molecule has 0 aliphatic carbocycles. The lowest BCUT2D eigenvalue weighted by atomic mass is 10.2. The van der Waals surface area contributed by atoms with Gasteiger partial charge < -0.3 is 0 Å². The Morgan fingerprint density at radius 1 is 1.47 bits per heavy atom. The van der Waals surface area contributed by atoms with Crippen LogP contribution in [0.3, 0.4) is 0 Å². The minimum Gasteiger partial charge on any atom is -0.288 e. The second kappa shape index (κ2) is 4.29. The molecule has 7 heteroatoms. The first kappa shape index (κ1) is 12.3. The minimum atomic E-state index is -3.88. The number of aromatic nitrogens is 2. The van der Waals surface area contributed by atoms with Crippen molar-refractivity contribution in [3.05, 3.63) is 29.0 Å². The van der Waals surface area contributed by atoms with Crippen molar-refractivity contribution < 1.29 is 8.42 Å². The monoisotopic (exact) mass is 273 g/mol. The molecule has 2 rings (SSSR count). The van der Waals surface area contributed by atoms with E-state index in [2.05, 4.69) is 4.98 Å². The van der Waals surface area contributed by atoms with E-state index in [1.807, 2.05) is 13.0 Å². The summed E-state index contributed by atoms with van der Waals surface area (Å²) < 4.78 is 24.3. The Morgan fingerprint density at radius 3 is 2.76 bits per heavy atom. The van der Waals surface area contributed by atoms with Gasteiger partial charge in [-0.3, -0.25) is 4.40 Å². The smallest absolute Gasteiger partial charge is 0.257 e. The molecule has 2 aromatic rings. The molecule has 92 valence electrons. The van der Waals surface area contributed by atoms with Gasteiger partial charge in [-0.2, -0.15) is 0 Å². The maximum absolute atomic E-state index is 11.4. The molecule has 2 heterocycles. The average molecular weight is 274 g/mol. The standard InChI is InChI=1S/C10H12ClN3O2S/c1-2-3-7-4-5-8-13-9(11)10(14(8)6-7)17(12,15)16/h4-6H,2-3H2,1H3,(H2,12,15,16). The molecule has 0 bridgehead atoms. The fourth-order valence-corrected chi connectivity index (χ4v) is 2.93. The number of nitrogens with zero attached hydrogens (tertiary/aromatic N) is 2. The molecular formula is C10H12ClN3O2S. The second-order valence-corrected chi connectivity index (χ2v) is 5.60. The number of rotatable bonds is 3. The summed E-state index contributed by atoms with van der Waals surface area (Å²) in [5, 5.41) is 4.86. The number of hydrogen-bond donors (Lipinski definition) is 1. The van der Waals surface area contributed by atoms with Gasteiger partial charge in [-0.25, -0.2) is 18.5 Å². The topological polar surface area (TPSA) is 77.5 Å². The molecule has 2 N–H and O–H groups in total. The van der Waals surface area contributed by atoms with E-state index in [9.17, 15) is 8.42 Å². The number of hydrogen-bond acceptors (Lipinski definition) is 3. The molecule has 0 unspecified atom stereocenters. The summed E-state index contributed by atoms with van der Waals surface area (Å²) in [4.78, 5) is 3.95. The fourth-order valence-electron chi connectivity index (χ4n) is 1.73. The molecule has 0 saturated heterocycles. The third-order valence-corrected chi connectivity index (χ3v) is 3.71. The van der Waals surface area contributed by atoms with E-state index in [1.54, 1.807) is 12.3 Å². The van der Waals surface area contributed by atoms with E-state index in [-0.39, 0.29) is 10.2 Å². The molecule has 0 saturated carbocycles. The van der Waals surface area contributed by atoms with Crippen LogP contribution in [0.5, 0.6) is 0 Å². The molecule has 5 nitrogen and oxygen atoms in total. The summed E-state index contributed by atoms with van der Waals surface area (Å²) in [6.45, 7) is 2.05. The minimum absolute atomic E-state index is 0.0962. The average Bonchev–Trinajstić information content (AvgIpc) is 2.53. The highest BCUT2D eigenvalue weighted by Crippen LogP contribution is 2.22. The summed E-state index contributed by atoms with van der Waals surface area (Å²) in [5.74, 6) is 0. The van der Waals surface area contributed by atoms with Crippen LogP contribution in [0.25, 0.3) is 5.65 Å². The number of pyridine rings is 1. The number of halogens is 1.